The molecule has 2 aromatic carbocycles. The van der Waals surface area contributed by atoms with Crippen LogP contribution in [0.5, 0.6) is 11.5 Å². The molecular weight excluding hydrogens is 415 g/mol. The van der Waals surface area contributed by atoms with Gasteiger partial charge in [0.25, 0.3) is 0 Å². The van der Waals surface area contributed by atoms with Crippen molar-refractivity contribution in [3.8, 4) is 17.2 Å². The Kier molecular flexibility index (Phi) is 5.89. The summed E-state index contributed by atoms with van der Waals surface area (Å²) < 4.78 is 26.5. The second kappa shape index (κ2) is 8.93. The van der Waals surface area contributed by atoms with E-state index in [4.69, 9.17) is 9.47 Å². The van der Waals surface area contributed by atoms with Crippen molar-refractivity contribution in [3.63, 3.8) is 0 Å². The quantitative estimate of drug-likeness (QED) is 0.481. The van der Waals surface area contributed by atoms with Crippen LogP contribution in [0.3, 0.4) is 0 Å². The summed E-state index contributed by atoms with van der Waals surface area (Å²) in [5, 5.41) is 2.81. The molecule has 0 unspecified atom stereocenters. The molecule has 8 nitrogen and oxygen atoms in total. The van der Waals surface area contributed by atoms with Gasteiger partial charge in [-0.05, 0) is 54.1 Å². The second-order valence-electron chi connectivity index (χ2n) is 6.99. The molecule has 9 heteroatoms. The maximum atomic E-state index is 13.3. The molecule has 0 radical (unpaired) electrons. The van der Waals surface area contributed by atoms with Gasteiger partial charge in [0.15, 0.2) is 17.1 Å². The van der Waals surface area contributed by atoms with E-state index in [0.29, 0.717) is 28.4 Å². The van der Waals surface area contributed by atoms with E-state index >= 15 is 0 Å². The molecule has 4 aromatic rings. The minimum absolute atomic E-state index is 0.192. The molecule has 0 bridgehead atoms. The minimum Gasteiger partial charge on any atom is -0.493 e. The number of methoxy groups -OCH3 is 2. The first-order valence-electron chi connectivity index (χ1n) is 9.81. The summed E-state index contributed by atoms with van der Waals surface area (Å²) in [6.07, 6.45) is 1.56. The number of ether oxygens (including phenoxy) is 2. The molecule has 0 atom stereocenters. The Labute approximate surface area is 182 Å². The van der Waals surface area contributed by atoms with Gasteiger partial charge in [0, 0.05) is 12.7 Å². The van der Waals surface area contributed by atoms with Crippen molar-refractivity contribution in [2.24, 2.45) is 0 Å². The summed E-state index contributed by atoms with van der Waals surface area (Å²) in [7, 11) is 3.09. The first-order valence-corrected chi connectivity index (χ1v) is 9.81. The minimum atomic E-state index is -0.438. The molecule has 4 rings (SSSR count). The topological polar surface area (TPSA) is 87.4 Å². The molecule has 0 aliphatic rings. The molecule has 0 saturated heterocycles. The van der Waals surface area contributed by atoms with E-state index in [1.807, 2.05) is 6.07 Å². The molecule has 0 aliphatic heterocycles. The third-order valence-corrected chi connectivity index (χ3v) is 5.02. The van der Waals surface area contributed by atoms with E-state index < -0.39 is 11.5 Å². The van der Waals surface area contributed by atoms with Gasteiger partial charge in [0.1, 0.15) is 12.4 Å². The van der Waals surface area contributed by atoms with Gasteiger partial charge < -0.3 is 14.8 Å². The van der Waals surface area contributed by atoms with Gasteiger partial charge in [-0.3, -0.25) is 9.36 Å². The number of hydrogen-bond donors (Lipinski definition) is 1. The third kappa shape index (κ3) is 4.04. The highest BCUT2D eigenvalue weighted by Crippen LogP contribution is 2.27. The van der Waals surface area contributed by atoms with Crippen LogP contribution < -0.4 is 20.5 Å². The van der Waals surface area contributed by atoms with E-state index in [0.717, 1.165) is 5.56 Å². The van der Waals surface area contributed by atoms with Crippen LogP contribution >= 0.6 is 0 Å². The lowest BCUT2D eigenvalue weighted by Crippen LogP contribution is -2.32. The number of hydrogen-bond acceptors (Lipinski definition) is 5. The number of carbonyl (C=O) groups is 1. The molecular formula is C23H21FN4O4. The highest BCUT2D eigenvalue weighted by atomic mass is 19.1. The van der Waals surface area contributed by atoms with Crippen molar-refractivity contribution in [3.05, 3.63) is 82.7 Å². The van der Waals surface area contributed by atoms with Crippen molar-refractivity contribution in [2.45, 2.75) is 13.1 Å². The lowest BCUT2D eigenvalue weighted by atomic mass is 10.2. The van der Waals surface area contributed by atoms with Gasteiger partial charge in [0.2, 0.25) is 5.91 Å². The molecule has 0 aliphatic carbocycles. The van der Waals surface area contributed by atoms with E-state index in [9.17, 15) is 14.0 Å². The fraction of sp³-hybridized carbons (Fsp3) is 0.174. The van der Waals surface area contributed by atoms with Crippen LogP contribution in [0.25, 0.3) is 16.9 Å². The SMILES string of the molecule is COc1ccc(CNC(=O)Cn2c(=O)n(-c3ccc(F)cc3)c3ncccc32)cc1OC. The zero-order valence-corrected chi connectivity index (χ0v) is 17.5. The lowest BCUT2D eigenvalue weighted by Gasteiger charge is -2.10. The van der Waals surface area contributed by atoms with E-state index in [1.54, 1.807) is 37.6 Å². The summed E-state index contributed by atoms with van der Waals surface area (Å²) in [4.78, 5) is 30.1. The van der Waals surface area contributed by atoms with Gasteiger partial charge in [-0.1, -0.05) is 6.07 Å². The lowest BCUT2D eigenvalue weighted by molar-refractivity contribution is -0.121. The number of pyridine rings is 1. The maximum Gasteiger partial charge on any atom is 0.335 e. The number of nitrogens with one attached hydrogen (secondary N) is 1. The van der Waals surface area contributed by atoms with Gasteiger partial charge in [-0.15, -0.1) is 0 Å². The van der Waals surface area contributed by atoms with Crippen molar-refractivity contribution in [1.29, 1.82) is 0 Å². The first kappa shape index (κ1) is 21.1. The molecule has 1 N–H and O–H groups in total. The summed E-state index contributed by atoms with van der Waals surface area (Å²) in [6.45, 7) is 0.0608. The Hall–Kier alpha value is -4.14. The fourth-order valence-electron chi connectivity index (χ4n) is 3.45. The Bertz CT molecular complexity index is 1330. The van der Waals surface area contributed by atoms with E-state index in [1.165, 1.54) is 40.5 Å². The smallest absolute Gasteiger partial charge is 0.335 e. The van der Waals surface area contributed by atoms with E-state index in [-0.39, 0.29) is 19.0 Å². The number of fused-ring (bicyclic) bond motifs is 1. The van der Waals surface area contributed by atoms with Crippen molar-refractivity contribution >= 4 is 17.1 Å². The molecule has 0 fully saturated rings. The average molecular weight is 436 g/mol. The highest BCUT2D eigenvalue weighted by Gasteiger charge is 2.17. The fourth-order valence-corrected chi connectivity index (χ4v) is 3.45. The van der Waals surface area contributed by atoms with Crippen LogP contribution in [0.1, 0.15) is 5.56 Å². The number of benzene rings is 2. The normalized spacial score (nSPS) is 10.8. The van der Waals surface area contributed by atoms with Crippen molar-refractivity contribution in [1.82, 2.24) is 19.4 Å². The molecule has 164 valence electrons. The summed E-state index contributed by atoms with van der Waals surface area (Å²) in [5.74, 6) is 0.399. The zero-order chi connectivity index (χ0) is 22.7. The molecule has 0 spiro atoms. The predicted molar refractivity (Wildman–Crippen MR) is 117 cm³/mol. The van der Waals surface area contributed by atoms with Crippen LogP contribution in [0.4, 0.5) is 4.39 Å². The molecule has 32 heavy (non-hydrogen) atoms. The summed E-state index contributed by atoms with van der Waals surface area (Å²) in [6, 6.07) is 14.3. The monoisotopic (exact) mass is 436 g/mol. The van der Waals surface area contributed by atoms with Crippen LogP contribution in [-0.4, -0.2) is 34.2 Å². The third-order valence-electron chi connectivity index (χ3n) is 5.02. The average Bonchev–Trinajstić information content (AvgIpc) is 3.09. The molecule has 2 heterocycles. The number of amides is 1. The number of carbonyl (C=O) groups excluding carboxylic acids is 1. The summed E-state index contributed by atoms with van der Waals surface area (Å²) in [5.41, 5.74) is 1.73. The number of nitrogens with zero attached hydrogens (tertiary/aromatic N) is 3. The number of rotatable bonds is 7. The Morgan fingerprint density at radius 3 is 2.53 bits per heavy atom. The zero-order valence-electron chi connectivity index (χ0n) is 17.5. The molecule has 2 aromatic heterocycles. The van der Waals surface area contributed by atoms with Crippen LogP contribution in [0.15, 0.2) is 65.6 Å². The van der Waals surface area contributed by atoms with Crippen molar-refractivity contribution in [2.75, 3.05) is 14.2 Å². The number of aromatic nitrogens is 3. The Morgan fingerprint density at radius 2 is 1.81 bits per heavy atom. The van der Waals surface area contributed by atoms with Gasteiger partial charge in [-0.2, -0.15) is 0 Å². The maximum absolute atomic E-state index is 13.3. The summed E-state index contributed by atoms with van der Waals surface area (Å²) >= 11 is 0. The number of imidazole rings is 1. The first-order chi connectivity index (χ1) is 15.5. The Balaban J connectivity index is 1.58. The van der Waals surface area contributed by atoms with Crippen LogP contribution in [0.2, 0.25) is 0 Å². The van der Waals surface area contributed by atoms with Gasteiger partial charge in [-0.25, -0.2) is 18.7 Å². The standard InChI is InChI=1S/C23H21FN4O4/c1-31-19-10-5-15(12-20(19)32-2)13-26-21(29)14-27-18-4-3-11-25-22(18)28(23(27)30)17-8-6-16(24)7-9-17/h3-12H,13-14H2,1-2H3,(H,26,29). The van der Waals surface area contributed by atoms with Crippen molar-refractivity contribution < 1.29 is 18.7 Å². The Morgan fingerprint density at radius 1 is 1.06 bits per heavy atom. The highest BCUT2D eigenvalue weighted by molar-refractivity contribution is 5.80. The predicted octanol–water partition coefficient (Wildman–Crippen LogP) is 2.66. The second-order valence-corrected chi connectivity index (χ2v) is 6.99. The van der Waals surface area contributed by atoms with Gasteiger partial charge >= 0.3 is 5.69 Å². The van der Waals surface area contributed by atoms with Crippen LogP contribution in [0, 0.1) is 5.82 Å². The molecule has 0 saturated carbocycles. The van der Waals surface area contributed by atoms with Crippen LogP contribution in [-0.2, 0) is 17.9 Å². The molecule has 1 amide bonds. The van der Waals surface area contributed by atoms with Gasteiger partial charge in [0.05, 0.1) is 25.4 Å². The number of halogens is 1. The van der Waals surface area contributed by atoms with E-state index in [2.05, 4.69) is 10.3 Å². The largest absolute Gasteiger partial charge is 0.493 e.